The van der Waals surface area contributed by atoms with Gasteiger partial charge < -0.3 is 14.6 Å². The van der Waals surface area contributed by atoms with E-state index >= 15 is 0 Å². The molecule has 8 heteroatoms. The van der Waals surface area contributed by atoms with Gasteiger partial charge in [-0.3, -0.25) is 0 Å². The van der Waals surface area contributed by atoms with E-state index in [2.05, 4.69) is 4.72 Å². The molecule has 0 heterocycles. The summed E-state index contributed by atoms with van der Waals surface area (Å²) in [6, 6.07) is 2.77. The Labute approximate surface area is 130 Å². The summed E-state index contributed by atoms with van der Waals surface area (Å²) in [7, 11) is -0.815. The maximum atomic E-state index is 12.3. The predicted molar refractivity (Wildman–Crippen MR) is 80.2 cm³/mol. The van der Waals surface area contributed by atoms with Gasteiger partial charge in [-0.1, -0.05) is 11.6 Å². The van der Waals surface area contributed by atoms with E-state index in [9.17, 15) is 13.5 Å². The number of nitrogens with one attached hydrogen (secondary N) is 1. The molecule has 0 aliphatic carbocycles. The van der Waals surface area contributed by atoms with E-state index in [1.54, 1.807) is 7.11 Å². The van der Waals surface area contributed by atoms with Gasteiger partial charge in [0.05, 0.1) is 13.7 Å². The first-order valence-electron chi connectivity index (χ1n) is 6.42. The van der Waals surface area contributed by atoms with E-state index in [1.807, 2.05) is 0 Å². The number of ether oxygens (including phenoxy) is 2. The Hall–Kier alpha value is -0.860. The molecule has 0 saturated carbocycles. The van der Waals surface area contributed by atoms with Crippen molar-refractivity contribution in [3.8, 4) is 5.75 Å². The quantitative estimate of drug-likeness (QED) is 0.668. The summed E-state index contributed by atoms with van der Waals surface area (Å²) in [6.07, 6.45) is 1.41. The smallest absolute Gasteiger partial charge is 0.244 e. The minimum atomic E-state index is -3.76. The van der Waals surface area contributed by atoms with Crippen LogP contribution in [-0.2, 0) is 21.4 Å². The van der Waals surface area contributed by atoms with Crippen molar-refractivity contribution in [2.75, 3.05) is 27.4 Å². The molecule has 0 atom stereocenters. The molecule has 0 spiro atoms. The van der Waals surface area contributed by atoms with Crippen LogP contribution in [0.3, 0.4) is 0 Å². The van der Waals surface area contributed by atoms with Gasteiger partial charge in [0.25, 0.3) is 0 Å². The summed E-state index contributed by atoms with van der Waals surface area (Å²) in [5, 5.41) is 9.49. The highest BCUT2D eigenvalue weighted by atomic mass is 35.5. The van der Waals surface area contributed by atoms with Crippen molar-refractivity contribution in [2.45, 2.75) is 24.3 Å². The topological polar surface area (TPSA) is 84.9 Å². The highest BCUT2D eigenvalue weighted by Crippen LogP contribution is 2.31. The van der Waals surface area contributed by atoms with Gasteiger partial charge in [-0.2, -0.15) is 0 Å². The average molecular weight is 338 g/mol. The fraction of sp³-hybridized carbons (Fsp3) is 0.538. The third kappa shape index (κ3) is 5.12. The first kappa shape index (κ1) is 18.2. The Morgan fingerprint density at radius 2 is 2.00 bits per heavy atom. The van der Waals surface area contributed by atoms with Crippen molar-refractivity contribution in [1.29, 1.82) is 0 Å². The molecule has 1 aromatic carbocycles. The van der Waals surface area contributed by atoms with E-state index in [0.29, 0.717) is 18.6 Å². The van der Waals surface area contributed by atoms with Gasteiger partial charge in [-0.25, -0.2) is 13.1 Å². The van der Waals surface area contributed by atoms with E-state index in [1.165, 1.54) is 19.2 Å². The normalized spacial score (nSPS) is 11.6. The van der Waals surface area contributed by atoms with Crippen LogP contribution in [0.5, 0.6) is 5.75 Å². The molecule has 6 nitrogen and oxygen atoms in total. The molecule has 120 valence electrons. The Balaban J connectivity index is 2.94. The minimum Gasteiger partial charge on any atom is -0.495 e. The van der Waals surface area contributed by atoms with Crippen LogP contribution in [0.4, 0.5) is 0 Å². The summed E-state index contributed by atoms with van der Waals surface area (Å²) in [5.74, 6) is 0.103. The van der Waals surface area contributed by atoms with Crippen molar-refractivity contribution in [3.05, 3.63) is 22.7 Å². The van der Waals surface area contributed by atoms with Gasteiger partial charge in [0, 0.05) is 30.8 Å². The van der Waals surface area contributed by atoms with Crippen LogP contribution in [0.2, 0.25) is 5.02 Å². The Morgan fingerprint density at radius 1 is 1.29 bits per heavy atom. The molecule has 0 bridgehead atoms. The number of hydrogen-bond donors (Lipinski definition) is 2. The lowest BCUT2D eigenvalue weighted by atomic mass is 10.2. The number of benzene rings is 1. The third-order valence-electron chi connectivity index (χ3n) is 2.83. The summed E-state index contributed by atoms with van der Waals surface area (Å²) in [6.45, 7) is 0.507. The van der Waals surface area contributed by atoms with Crippen molar-refractivity contribution in [1.82, 2.24) is 4.72 Å². The van der Waals surface area contributed by atoms with Crippen LogP contribution in [0.15, 0.2) is 17.0 Å². The first-order chi connectivity index (χ1) is 9.96. The fourth-order valence-corrected chi connectivity index (χ4v) is 3.44. The molecule has 0 aliphatic rings. The molecule has 2 N–H and O–H groups in total. The molecule has 0 unspecified atom stereocenters. The lowest BCUT2D eigenvalue weighted by Crippen LogP contribution is -2.25. The molecule has 0 saturated heterocycles. The summed E-state index contributed by atoms with van der Waals surface area (Å²) in [5.41, 5.74) is 0.324. The van der Waals surface area contributed by atoms with Crippen LogP contribution < -0.4 is 9.46 Å². The molecule has 0 aromatic heterocycles. The molecule has 0 radical (unpaired) electrons. The monoisotopic (exact) mass is 337 g/mol. The number of unbranched alkanes of at least 4 members (excludes halogenated alkanes) is 1. The number of halogens is 1. The molecule has 1 aromatic rings. The average Bonchev–Trinajstić information content (AvgIpc) is 2.46. The standard InChI is InChI=1S/C13H20ClNO5S/c1-19-6-4-3-5-15-21(17,18)12-8-11(14)7-10(9-16)13(12)20-2/h7-8,15-16H,3-6,9H2,1-2H3. The minimum absolute atomic E-state index is 0.0757. The zero-order valence-electron chi connectivity index (χ0n) is 12.1. The van der Waals surface area contributed by atoms with Crippen LogP contribution in [0.25, 0.3) is 0 Å². The third-order valence-corrected chi connectivity index (χ3v) is 4.51. The summed E-state index contributed by atoms with van der Waals surface area (Å²) in [4.78, 5) is -0.0757. The lowest BCUT2D eigenvalue weighted by Gasteiger charge is -2.14. The number of hydrogen-bond acceptors (Lipinski definition) is 5. The maximum absolute atomic E-state index is 12.3. The van der Waals surface area contributed by atoms with Gasteiger partial charge in [0.1, 0.15) is 10.6 Å². The van der Waals surface area contributed by atoms with Crippen LogP contribution in [-0.4, -0.2) is 40.9 Å². The highest BCUT2D eigenvalue weighted by Gasteiger charge is 2.22. The fourth-order valence-electron chi connectivity index (χ4n) is 1.83. The molecule has 0 aliphatic heterocycles. The SMILES string of the molecule is COCCCCNS(=O)(=O)c1cc(Cl)cc(CO)c1OC. The van der Waals surface area contributed by atoms with Crippen LogP contribution in [0, 0.1) is 0 Å². The van der Waals surface area contributed by atoms with Crippen molar-refractivity contribution in [2.24, 2.45) is 0 Å². The molecule has 1 rings (SSSR count). The van der Waals surface area contributed by atoms with Gasteiger partial charge in [0.2, 0.25) is 10.0 Å². The van der Waals surface area contributed by atoms with E-state index in [0.717, 1.165) is 6.42 Å². The summed E-state index contributed by atoms with van der Waals surface area (Å²) < 4.78 is 37.1. The van der Waals surface area contributed by atoms with Gasteiger partial charge in [-0.05, 0) is 25.0 Å². The first-order valence-corrected chi connectivity index (χ1v) is 8.28. The van der Waals surface area contributed by atoms with Gasteiger partial charge >= 0.3 is 0 Å². The zero-order valence-corrected chi connectivity index (χ0v) is 13.6. The second-order valence-corrected chi connectivity index (χ2v) is 6.52. The lowest BCUT2D eigenvalue weighted by molar-refractivity contribution is 0.193. The van der Waals surface area contributed by atoms with Crippen molar-refractivity contribution >= 4 is 21.6 Å². The highest BCUT2D eigenvalue weighted by molar-refractivity contribution is 7.89. The second-order valence-electron chi connectivity index (χ2n) is 4.35. The Bertz CT molecular complexity index is 562. The van der Waals surface area contributed by atoms with E-state index in [-0.39, 0.29) is 28.8 Å². The molecular formula is C13H20ClNO5S. The van der Waals surface area contributed by atoms with Crippen molar-refractivity contribution in [3.63, 3.8) is 0 Å². The van der Waals surface area contributed by atoms with Gasteiger partial charge in [0.15, 0.2) is 0 Å². The number of methoxy groups -OCH3 is 2. The molecular weight excluding hydrogens is 318 g/mol. The number of aliphatic hydroxyl groups is 1. The zero-order chi connectivity index (χ0) is 15.9. The number of sulfonamides is 1. The number of aliphatic hydroxyl groups excluding tert-OH is 1. The molecule has 0 amide bonds. The Kier molecular flexibility index (Phi) is 7.41. The maximum Gasteiger partial charge on any atom is 0.244 e. The van der Waals surface area contributed by atoms with Gasteiger partial charge in [-0.15, -0.1) is 0 Å². The molecule has 0 fully saturated rings. The largest absolute Gasteiger partial charge is 0.495 e. The van der Waals surface area contributed by atoms with E-state index in [4.69, 9.17) is 21.1 Å². The summed E-state index contributed by atoms with van der Waals surface area (Å²) >= 11 is 5.89. The van der Waals surface area contributed by atoms with Crippen molar-refractivity contribution < 1.29 is 23.0 Å². The van der Waals surface area contributed by atoms with Crippen LogP contribution in [0.1, 0.15) is 18.4 Å². The predicted octanol–water partition coefficient (Wildman–Crippen LogP) is 1.55. The molecule has 21 heavy (non-hydrogen) atoms. The Morgan fingerprint density at radius 3 is 2.57 bits per heavy atom. The van der Waals surface area contributed by atoms with Crippen LogP contribution >= 0.6 is 11.6 Å². The second kappa shape index (κ2) is 8.55. The van der Waals surface area contributed by atoms with E-state index < -0.39 is 10.0 Å². The number of rotatable bonds is 9.